The Balaban J connectivity index is 2.02. The van der Waals surface area contributed by atoms with E-state index < -0.39 is 11.7 Å². The Morgan fingerprint density at radius 3 is 2.79 bits per heavy atom. The van der Waals surface area contributed by atoms with Crippen LogP contribution in [0.25, 0.3) is 0 Å². The van der Waals surface area contributed by atoms with Gasteiger partial charge in [-0.1, -0.05) is 0 Å². The molecule has 0 aromatic heterocycles. The van der Waals surface area contributed by atoms with Gasteiger partial charge in [0.1, 0.15) is 0 Å². The molecule has 2 N–H and O–H groups in total. The highest BCUT2D eigenvalue weighted by molar-refractivity contribution is 9.10. The zero-order valence-corrected chi connectivity index (χ0v) is 11.9. The molecule has 0 spiro atoms. The van der Waals surface area contributed by atoms with E-state index in [2.05, 4.69) is 26.6 Å². The number of hydrogen-bond donors (Lipinski definition) is 2. The Kier molecular flexibility index (Phi) is 4.73. The quantitative estimate of drug-likeness (QED) is 0.875. The van der Waals surface area contributed by atoms with E-state index in [1.54, 1.807) is 0 Å². The van der Waals surface area contributed by atoms with Gasteiger partial charge in [-0.25, -0.2) is 0 Å². The van der Waals surface area contributed by atoms with E-state index >= 15 is 0 Å². The van der Waals surface area contributed by atoms with Crippen molar-refractivity contribution in [3.8, 4) is 0 Å². The van der Waals surface area contributed by atoms with E-state index in [4.69, 9.17) is 0 Å². The predicted octanol–water partition coefficient (Wildman–Crippen LogP) is 3.88. The number of anilines is 1. The fraction of sp³-hybridized carbons (Fsp3) is 0.538. The maximum atomic E-state index is 12.6. The van der Waals surface area contributed by atoms with Crippen molar-refractivity contribution in [3.05, 3.63) is 28.2 Å². The van der Waals surface area contributed by atoms with Gasteiger partial charge in [0.25, 0.3) is 0 Å². The third-order valence-corrected chi connectivity index (χ3v) is 3.97. The topological polar surface area (TPSA) is 24.1 Å². The maximum Gasteiger partial charge on any atom is 0.416 e. The Morgan fingerprint density at radius 2 is 2.16 bits per heavy atom. The standard InChI is InChI=1S/C13H16BrF3N2/c14-11-4-3-10(13(15,16)17)6-12(11)19-8-9-2-1-5-18-7-9/h3-4,6,9,18-19H,1-2,5,7-8H2. The molecule has 1 atom stereocenters. The summed E-state index contributed by atoms with van der Waals surface area (Å²) in [5, 5.41) is 6.40. The number of nitrogens with one attached hydrogen (secondary N) is 2. The van der Waals surface area contributed by atoms with Crippen LogP contribution in [0.4, 0.5) is 18.9 Å². The van der Waals surface area contributed by atoms with E-state index in [1.807, 2.05) is 0 Å². The third kappa shape index (κ3) is 4.11. The number of hydrogen-bond acceptors (Lipinski definition) is 2. The van der Waals surface area contributed by atoms with Crippen molar-refractivity contribution in [2.45, 2.75) is 19.0 Å². The molecule has 19 heavy (non-hydrogen) atoms. The summed E-state index contributed by atoms with van der Waals surface area (Å²) >= 11 is 3.28. The summed E-state index contributed by atoms with van der Waals surface area (Å²) in [6.45, 7) is 2.64. The van der Waals surface area contributed by atoms with E-state index in [-0.39, 0.29) is 0 Å². The molecular formula is C13H16BrF3N2. The van der Waals surface area contributed by atoms with Gasteiger partial charge in [-0.3, -0.25) is 0 Å². The number of rotatable bonds is 3. The lowest BCUT2D eigenvalue weighted by atomic mass is 9.99. The third-order valence-electron chi connectivity index (χ3n) is 3.27. The molecule has 1 saturated heterocycles. The average Bonchev–Trinajstić information content (AvgIpc) is 2.37. The zero-order valence-electron chi connectivity index (χ0n) is 10.4. The smallest absolute Gasteiger partial charge is 0.384 e. The molecule has 1 unspecified atom stereocenters. The van der Waals surface area contributed by atoms with Crippen LogP contribution in [0.1, 0.15) is 18.4 Å². The lowest BCUT2D eigenvalue weighted by Crippen LogP contribution is -2.33. The monoisotopic (exact) mass is 336 g/mol. The van der Waals surface area contributed by atoms with Crippen LogP contribution in [-0.4, -0.2) is 19.6 Å². The largest absolute Gasteiger partial charge is 0.416 e. The normalized spacial score (nSPS) is 20.3. The number of benzene rings is 1. The van der Waals surface area contributed by atoms with E-state index in [0.29, 0.717) is 22.6 Å². The van der Waals surface area contributed by atoms with Crippen molar-refractivity contribution < 1.29 is 13.2 Å². The molecule has 0 radical (unpaired) electrons. The summed E-state index contributed by atoms with van der Waals surface area (Å²) in [6.07, 6.45) is -2.07. The fourth-order valence-electron chi connectivity index (χ4n) is 2.19. The molecule has 106 valence electrons. The van der Waals surface area contributed by atoms with Gasteiger partial charge < -0.3 is 10.6 Å². The maximum absolute atomic E-state index is 12.6. The number of halogens is 4. The van der Waals surface area contributed by atoms with Crippen molar-refractivity contribution in [1.29, 1.82) is 0 Å². The number of piperidine rings is 1. The molecule has 1 aliphatic heterocycles. The first kappa shape index (κ1) is 14.7. The predicted molar refractivity (Wildman–Crippen MR) is 73.2 cm³/mol. The molecule has 1 aromatic carbocycles. The summed E-state index contributed by atoms with van der Waals surface area (Å²) in [7, 11) is 0. The van der Waals surface area contributed by atoms with Gasteiger partial charge in [-0.05, 0) is 66.0 Å². The first-order valence-electron chi connectivity index (χ1n) is 6.28. The molecule has 0 amide bonds. The van der Waals surface area contributed by atoms with Crippen molar-refractivity contribution in [2.24, 2.45) is 5.92 Å². The van der Waals surface area contributed by atoms with Gasteiger partial charge in [0, 0.05) is 16.7 Å². The van der Waals surface area contributed by atoms with Crippen molar-refractivity contribution in [1.82, 2.24) is 5.32 Å². The minimum atomic E-state index is -4.30. The molecule has 2 nitrogen and oxygen atoms in total. The SMILES string of the molecule is FC(F)(F)c1ccc(Br)c(NCC2CCCNC2)c1. The van der Waals surface area contributed by atoms with Crippen LogP contribution in [0, 0.1) is 5.92 Å². The van der Waals surface area contributed by atoms with Crippen molar-refractivity contribution >= 4 is 21.6 Å². The lowest BCUT2D eigenvalue weighted by molar-refractivity contribution is -0.137. The van der Waals surface area contributed by atoms with Crippen LogP contribution in [0.2, 0.25) is 0 Å². The van der Waals surface area contributed by atoms with Crippen LogP contribution in [0.5, 0.6) is 0 Å². The van der Waals surface area contributed by atoms with Crippen LogP contribution in [0.3, 0.4) is 0 Å². The molecule has 0 bridgehead atoms. The summed E-state index contributed by atoms with van der Waals surface area (Å²) in [5.74, 6) is 0.468. The van der Waals surface area contributed by atoms with Crippen LogP contribution in [0.15, 0.2) is 22.7 Å². The van der Waals surface area contributed by atoms with E-state index in [9.17, 15) is 13.2 Å². The molecule has 0 saturated carbocycles. The molecule has 0 aliphatic carbocycles. The first-order valence-corrected chi connectivity index (χ1v) is 7.07. The van der Waals surface area contributed by atoms with Crippen LogP contribution < -0.4 is 10.6 Å². The Bertz CT molecular complexity index is 428. The van der Waals surface area contributed by atoms with Crippen molar-refractivity contribution in [3.63, 3.8) is 0 Å². The highest BCUT2D eigenvalue weighted by Crippen LogP contribution is 2.34. The second kappa shape index (κ2) is 6.13. The van der Waals surface area contributed by atoms with E-state index in [1.165, 1.54) is 6.07 Å². The molecule has 1 aromatic rings. The summed E-state index contributed by atoms with van der Waals surface area (Å²) in [6, 6.07) is 3.67. The fourth-order valence-corrected chi connectivity index (χ4v) is 2.58. The first-order chi connectivity index (χ1) is 8.97. The van der Waals surface area contributed by atoms with E-state index in [0.717, 1.165) is 38.1 Å². The lowest BCUT2D eigenvalue weighted by Gasteiger charge is -2.24. The summed E-state index contributed by atoms with van der Waals surface area (Å²) < 4.78 is 38.6. The second-order valence-electron chi connectivity index (χ2n) is 4.79. The summed E-state index contributed by atoms with van der Waals surface area (Å²) in [5.41, 5.74) is -0.125. The van der Waals surface area contributed by atoms with Gasteiger partial charge in [0.2, 0.25) is 0 Å². The minimum absolute atomic E-state index is 0.468. The molecule has 1 fully saturated rings. The molecule has 2 rings (SSSR count). The Morgan fingerprint density at radius 1 is 1.37 bits per heavy atom. The number of alkyl halides is 3. The second-order valence-corrected chi connectivity index (χ2v) is 5.64. The van der Waals surface area contributed by atoms with Gasteiger partial charge in [-0.15, -0.1) is 0 Å². The average molecular weight is 337 g/mol. The minimum Gasteiger partial charge on any atom is -0.384 e. The van der Waals surface area contributed by atoms with Gasteiger partial charge >= 0.3 is 6.18 Å². The van der Waals surface area contributed by atoms with Gasteiger partial charge in [-0.2, -0.15) is 13.2 Å². The Labute approximate surface area is 118 Å². The zero-order chi connectivity index (χ0) is 13.9. The van der Waals surface area contributed by atoms with Gasteiger partial charge in [0.15, 0.2) is 0 Å². The molecule has 1 aliphatic rings. The highest BCUT2D eigenvalue weighted by atomic mass is 79.9. The Hall–Kier alpha value is -0.750. The van der Waals surface area contributed by atoms with Crippen molar-refractivity contribution in [2.75, 3.05) is 25.0 Å². The van der Waals surface area contributed by atoms with Gasteiger partial charge in [0.05, 0.1) is 5.56 Å². The van der Waals surface area contributed by atoms with Crippen LogP contribution in [-0.2, 0) is 6.18 Å². The molecule has 6 heteroatoms. The summed E-state index contributed by atoms with van der Waals surface area (Å²) in [4.78, 5) is 0. The highest BCUT2D eigenvalue weighted by Gasteiger charge is 2.30. The molecule has 1 heterocycles. The van der Waals surface area contributed by atoms with Crippen LogP contribution >= 0.6 is 15.9 Å². The molecular weight excluding hydrogens is 321 g/mol.